The molecule has 1 aliphatic rings. The third-order valence-electron chi connectivity index (χ3n) is 4.02. The Labute approximate surface area is 151 Å². The van der Waals surface area contributed by atoms with E-state index in [-0.39, 0.29) is 11.9 Å². The zero-order valence-corrected chi connectivity index (χ0v) is 15.8. The third kappa shape index (κ3) is 4.18. The van der Waals surface area contributed by atoms with Gasteiger partial charge < -0.3 is 9.80 Å². The van der Waals surface area contributed by atoms with Crippen molar-refractivity contribution in [2.75, 3.05) is 38.7 Å². The highest BCUT2D eigenvalue weighted by atomic mass is 32.2. The minimum atomic E-state index is 0.0720. The molecule has 0 aliphatic carbocycles. The van der Waals surface area contributed by atoms with E-state index >= 15 is 0 Å². The van der Waals surface area contributed by atoms with Gasteiger partial charge in [0, 0.05) is 29.8 Å². The van der Waals surface area contributed by atoms with E-state index in [4.69, 9.17) is 0 Å². The Kier molecular flexibility index (Phi) is 5.92. The van der Waals surface area contributed by atoms with E-state index in [1.165, 1.54) is 0 Å². The van der Waals surface area contributed by atoms with E-state index in [1.807, 2.05) is 52.4 Å². The molecule has 0 radical (unpaired) electrons. The van der Waals surface area contributed by atoms with Gasteiger partial charge in [-0.2, -0.15) is 11.8 Å². The molecule has 1 saturated heterocycles. The number of hydrogen-bond donors (Lipinski definition) is 0. The van der Waals surface area contributed by atoms with Crippen molar-refractivity contribution in [3.8, 4) is 10.6 Å². The second kappa shape index (κ2) is 8.14. The van der Waals surface area contributed by atoms with Crippen LogP contribution in [0.25, 0.3) is 10.6 Å². The van der Waals surface area contributed by atoms with Gasteiger partial charge in [0.1, 0.15) is 10.7 Å². The Morgan fingerprint density at radius 3 is 2.88 bits per heavy atom. The normalized spacial score (nSPS) is 18.6. The molecule has 1 unspecified atom stereocenters. The fraction of sp³-hybridized carbons (Fsp3) is 0.444. The lowest BCUT2D eigenvalue weighted by Gasteiger charge is -2.31. The molecule has 1 fully saturated rings. The largest absolute Gasteiger partial charge is 0.332 e. The van der Waals surface area contributed by atoms with E-state index in [2.05, 4.69) is 24.0 Å². The fourth-order valence-electron chi connectivity index (χ4n) is 2.90. The van der Waals surface area contributed by atoms with Crippen LogP contribution in [0.4, 0.5) is 0 Å². The smallest absolute Gasteiger partial charge is 0.273 e. The van der Waals surface area contributed by atoms with Gasteiger partial charge in [0.25, 0.3) is 5.91 Å². The maximum absolute atomic E-state index is 13.0. The van der Waals surface area contributed by atoms with Crippen LogP contribution >= 0.6 is 23.1 Å². The maximum Gasteiger partial charge on any atom is 0.273 e. The summed E-state index contributed by atoms with van der Waals surface area (Å²) in [5.74, 6) is 2.20. The highest BCUT2D eigenvalue weighted by molar-refractivity contribution is 7.99. The average Bonchev–Trinajstić information content (AvgIpc) is 2.97. The van der Waals surface area contributed by atoms with Gasteiger partial charge in [0.05, 0.1) is 6.04 Å². The van der Waals surface area contributed by atoms with Crippen molar-refractivity contribution in [1.82, 2.24) is 14.8 Å². The van der Waals surface area contributed by atoms with Crippen LogP contribution in [-0.4, -0.2) is 65.4 Å². The zero-order chi connectivity index (χ0) is 16.9. The Morgan fingerprint density at radius 2 is 2.12 bits per heavy atom. The molecule has 2 aromatic rings. The molecule has 2 heterocycles. The number of benzene rings is 1. The van der Waals surface area contributed by atoms with Crippen LogP contribution in [0.2, 0.25) is 0 Å². The lowest BCUT2D eigenvalue weighted by Crippen LogP contribution is -2.46. The maximum atomic E-state index is 13.0. The summed E-state index contributed by atoms with van der Waals surface area (Å²) >= 11 is 3.49. The van der Waals surface area contributed by atoms with Crippen LogP contribution in [0.15, 0.2) is 35.7 Å². The minimum Gasteiger partial charge on any atom is -0.332 e. The molecular formula is C18H23N3OS2. The second-order valence-electron chi connectivity index (χ2n) is 6.25. The SMILES string of the molecule is CN(C)CC1CSCCCN1C(=O)c1csc(-c2ccccc2)n1. The number of amides is 1. The first-order valence-corrected chi connectivity index (χ1v) is 10.2. The minimum absolute atomic E-state index is 0.0720. The molecule has 0 spiro atoms. The molecule has 0 N–H and O–H groups in total. The highest BCUT2D eigenvalue weighted by Crippen LogP contribution is 2.25. The number of rotatable bonds is 4. The predicted molar refractivity (Wildman–Crippen MR) is 103 cm³/mol. The molecule has 1 aliphatic heterocycles. The molecule has 3 rings (SSSR count). The number of hydrogen-bond acceptors (Lipinski definition) is 5. The number of thioether (sulfide) groups is 1. The lowest BCUT2D eigenvalue weighted by molar-refractivity contribution is 0.0670. The van der Waals surface area contributed by atoms with Gasteiger partial charge in [-0.25, -0.2) is 4.98 Å². The summed E-state index contributed by atoms with van der Waals surface area (Å²) in [4.78, 5) is 21.8. The monoisotopic (exact) mass is 361 g/mol. The van der Waals surface area contributed by atoms with Gasteiger partial charge in [0.15, 0.2) is 0 Å². The molecule has 1 aromatic carbocycles. The molecule has 128 valence electrons. The van der Waals surface area contributed by atoms with Crippen LogP contribution in [0, 0.1) is 0 Å². The van der Waals surface area contributed by atoms with Crippen molar-refractivity contribution in [3.63, 3.8) is 0 Å². The topological polar surface area (TPSA) is 36.4 Å². The first-order chi connectivity index (χ1) is 11.6. The summed E-state index contributed by atoms with van der Waals surface area (Å²) < 4.78 is 0. The molecule has 1 atom stereocenters. The molecule has 4 nitrogen and oxygen atoms in total. The van der Waals surface area contributed by atoms with E-state index in [1.54, 1.807) is 11.3 Å². The summed E-state index contributed by atoms with van der Waals surface area (Å²) in [5.41, 5.74) is 1.65. The van der Waals surface area contributed by atoms with E-state index in [0.29, 0.717) is 5.69 Å². The summed E-state index contributed by atoms with van der Waals surface area (Å²) in [7, 11) is 4.13. The first kappa shape index (κ1) is 17.5. The van der Waals surface area contributed by atoms with Crippen LogP contribution in [0.1, 0.15) is 16.9 Å². The van der Waals surface area contributed by atoms with Gasteiger partial charge in [-0.15, -0.1) is 11.3 Å². The Morgan fingerprint density at radius 1 is 1.33 bits per heavy atom. The standard InChI is InChI=1S/C18H23N3OS2/c1-20(2)11-15-12-23-10-6-9-21(15)18(22)16-13-24-17(19-16)14-7-4-3-5-8-14/h3-5,7-8,13,15H,6,9-12H2,1-2H3. The van der Waals surface area contributed by atoms with Crippen molar-refractivity contribution in [1.29, 1.82) is 0 Å². The van der Waals surface area contributed by atoms with Gasteiger partial charge in [-0.3, -0.25) is 4.79 Å². The number of carbonyl (C=O) groups excluding carboxylic acids is 1. The number of carbonyl (C=O) groups is 1. The molecule has 1 aromatic heterocycles. The van der Waals surface area contributed by atoms with Crippen LogP contribution in [0.5, 0.6) is 0 Å². The summed E-state index contributed by atoms with van der Waals surface area (Å²) in [6, 6.07) is 10.3. The highest BCUT2D eigenvalue weighted by Gasteiger charge is 2.28. The van der Waals surface area contributed by atoms with E-state index < -0.39 is 0 Å². The quantitative estimate of drug-likeness (QED) is 0.837. The van der Waals surface area contributed by atoms with Crippen molar-refractivity contribution in [3.05, 3.63) is 41.4 Å². The van der Waals surface area contributed by atoms with Gasteiger partial charge in [0.2, 0.25) is 0 Å². The van der Waals surface area contributed by atoms with Crippen molar-refractivity contribution in [2.24, 2.45) is 0 Å². The predicted octanol–water partition coefficient (Wildman–Crippen LogP) is 3.32. The van der Waals surface area contributed by atoms with E-state index in [9.17, 15) is 4.79 Å². The number of aromatic nitrogens is 1. The zero-order valence-electron chi connectivity index (χ0n) is 14.1. The Bertz CT molecular complexity index is 672. The van der Waals surface area contributed by atoms with Gasteiger partial charge in [-0.05, 0) is 26.3 Å². The summed E-state index contributed by atoms with van der Waals surface area (Å²) in [6.07, 6.45) is 1.05. The Hall–Kier alpha value is -1.37. The number of thiazole rings is 1. The fourth-order valence-corrected chi connectivity index (χ4v) is 4.76. The van der Waals surface area contributed by atoms with Crippen LogP contribution in [-0.2, 0) is 0 Å². The molecule has 1 amide bonds. The first-order valence-electron chi connectivity index (χ1n) is 8.19. The van der Waals surface area contributed by atoms with Crippen molar-refractivity contribution >= 4 is 29.0 Å². The average molecular weight is 362 g/mol. The number of likely N-dealkylation sites (N-methyl/N-ethyl adjacent to an activating group) is 1. The molecule has 6 heteroatoms. The molecule has 24 heavy (non-hydrogen) atoms. The summed E-state index contributed by atoms with van der Waals surface area (Å²) in [5, 5.41) is 2.81. The number of nitrogens with zero attached hydrogens (tertiary/aromatic N) is 3. The van der Waals surface area contributed by atoms with Gasteiger partial charge in [-0.1, -0.05) is 30.3 Å². The van der Waals surface area contributed by atoms with Gasteiger partial charge >= 0.3 is 0 Å². The summed E-state index contributed by atoms with van der Waals surface area (Å²) in [6.45, 7) is 1.72. The van der Waals surface area contributed by atoms with Crippen molar-refractivity contribution in [2.45, 2.75) is 12.5 Å². The Balaban J connectivity index is 1.80. The molecular weight excluding hydrogens is 338 g/mol. The molecule has 0 bridgehead atoms. The second-order valence-corrected chi connectivity index (χ2v) is 8.25. The molecule has 0 saturated carbocycles. The van der Waals surface area contributed by atoms with Crippen molar-refractivity contribution < 1.29 is 4.79 Å². The van der Waals surface area contributed by atoms with Crippen LogP contribution < -0.4 is 0 Å². The lowest BCUT2D eigenvalue weighted by atomic mass is 10.2. The van der Waals surface area contributed by atoms with E-state index in [0.717, 1.165) is 41.6 Å². The third-order valence-corrected chi connectivity index (χ3v) is 6.11. The van der Waals surface area contributed by atoms with Crippen LogP contribution in [0.3, 0.4) is 0 Å².